The van der Waals surface area contributed by atoms with E-state index < -0.39 is 0 Å². The van der Waals surface area contributed by atoms with Crippen LogP contribution in [0.2, 0.25) is 0 Å². The Morgan fingerprint density at radius 2 is 1.84 bits per heavy atom. The van der Waals surface area contributed by atoms with Crippen LogP contribution in [-0.4, -0.2) is 5.91 Å². The molecule has 1 aliphatic heterocycles. The molecule has 0 spiro atoms. The van der Waals surface area contributed by atoms with Crippen molar-refractivity contribution in [1.29, 1.82) is 5.26 Å². The molecule has 0 radical (unpaired) electrons. The topological polar surface area (TPSA) is 66.0 Å². The van der Waals surface area contributed by atoms with Crippen molar-refractivity contribution >= 4 is 29.4 Å². The third kappa shape index (κ3) is 2.95. The lowest BCUT2D eigenvalue weighted by molar-refractivity contribution is -0.112. The Morgan fingerprint density at radius 3 is 2.72 bits per heavy atom. The number of nitrogens with zero attached hydrogens (tertiary/aromatic N) is 1. The number of thioether (sulfide) groups is 1. The number of nitriles is 1. The van der Waals surface area contributed by atoms with Gasteiger partial charge in [-0.1, -0.05) is 36.0 Å². The quantitative estimate of drug-likeness (QED) is 0.671. The van der Waals surface area contributed by atoms with Crippen LogP contribution in [0.3, 0.4) is 0 Å². The lowest BCUT2D eigenvalue weighted by Gasteiger charge is -2.17. The molecule has 1 aliphatic rings. The van der Waals surface area contributed by atoms with Crippen LogP contribution in [0.4, 0.5) is 5.69 Å². The molecule has 1 amide bonds. The van der Waals surface area contributed by atoms with Crippen LogP contribution in [0.1, 0.15) is 11.3 Å². The van der Waals surface area contributed by atoms with Gasteiger partial charge >= 0.3 is 0 Å². The van der Waals surface area contributed by atoms with Crippen LogP contribution >= 0.6 is 11.8 Å². The summed E-state index contributed by atoms with van der Waals surface area (Å²) in [5, 5.41) is 12.1. The number of fused-ring (bicyclic) bond motifs is 1. The number of anilines is 1. The van der Waals surface area contributed by atoms with E-state index in [1.165, 1.54) is 11.8 Å². The van der Waals surface area contributed by atoms with E-state index in [9.17, 15) is 10.1 Å². The van der Waals surface area contributed by atoms with Crippen LogP contribution in [0.15, 0.2) is 74.9 Å². The van der Waals surface area contributed by atoms with Gasteiger partial charge in [0, 0.05) is 16.5 Å². The number of carbonyl (C=O) groups is 1. The predicted octanol–water partition coefficient (Wildman–Crippen LogP) is 4.90. The van der Waals surface area contributed by atoms with Gasteiger partial charge in [-0.15, -0.1) is 0 Å². The molecule has 4 rings (SSSR count). The number of hydrogen-bond donors (Lipinski definition) is 1. The Balaban J connectivity index is 1.66. The fourth-order valence-electron chi connectivity index (χ4n) is 2.60. The Kier molecular flexibility index (Phi) is 3.88. The lowest BCUT2D eigenvalue weighted by atomic mass is 10.1. The van der Waals surface area contributed by atoms with Crippen LogP contribution in [-0.2, 0) is 4.79 Å². The first-order chi connectivity index (χ1) is 12.2. The average Bonchev–Trinajstić information content (AvgIpc) is 3.10. The minimum atomic E-state index is -0.154. The predicted molar refractivity (Wildman–Crippen MR) is 97.8 cm³/mol. The van der Waals surface area contributed by atoms with Gasteiger partial charge in [0.2, 0.25) is 0 Å². The molecule has 0 unspecified atom stereocenters. The SMILES string of the molecule is N#Cc1ccccc1-c1ccc(/C=C2\Sc3ccccc3NC2=O)o1. The molecule has 0 bridgehead atoms. The molecule has 2 aromatic carbocycles. The summed E-state index contributed by atoms with van der Waals surface area (Å²) in [4.78, 5) is 13.8. The second kappa shape index (κ2) is 6.34. The Morgan fingerprint density at radius 1 is 1.04 bits per heavy atom. The van der Waals surface area contributed by atoms with Crippen LogP contribution in [0, 0.1) is 11.3 Å². The van der Waals surface area contributed by atoms with Crippen LogP contribution < -0.4 is 5.32 Å². The zero-order valence-electron chi connectivity index (χ0n) is 13.0. The highest BCUT2D eigenvalue weighted by molar-refractivity contribution is 8.04. The summed E-state index contributed by atoms with van der Waals surface area (Å²) in [6.07, 6.45) is 1.72. The van der Waals surface area contributed by atoms with Gasteiger partial charge < -0.3 is 9.73 Å². The Labute approximate surface area is 148 Å². The van der Waals surface area contributed by atoms with Crippen molar-refractivity contribution in [3.63, 3.8) is 0 Å². The maximum absolute atomic E-state index is 12.3. The maximum atomic E-state index is 12.3. The molecule has 0 saturated carbocycles. The van der Waals surface area contributed by atoms with Crippen molar-refractivity contribution in [3.8, 4) is 17.4 Å². The molecule has 3 aromatic rings. The van der Waals surface area contributed by atoms with Crippen molar-refractivity contribution in [2.45, 2.75) is 4.90 Å². The summed E-state index contributed by atoms with van der Waals surface area (Å²) in [6, 6.07) is 20.7. The molecule has 1 aromatic heterocycles. The summed E-state index contributed by atoms with van der Waals surface area (Å²) in [5.41, 5.74) is 2.10. The smallest absolute Gasteiger partial charge is 0.262 e. The number of benzene rings is 2. The van der Waals surface area contributed by atoms with Crippen molar-refractivity contribution in [3.05, 3.63) is 76.9 Å². The van der Waals surface area contributed by atoms with Crippen LogP contribution in [0.25, 0.3) is 17.4 Å². The molecule has 0 fully saturated rings. The molecule has 2 heterocycles. The standard InChI is InChI=1S/C20H12N2O2S/c21-12-13-5-1-2-6-15(13)17-10-9-14(24-17)11-19-20(23)22-16-7-3-4-8-18(16)25-19/h1-11H,(H,22,23)/b19-11-. The van der Waals surface area contributed by atoms with Crippen molar-refractivity contribution in [2.24, 2.45) is 0 Å². The fraction of sp³-hybridized carbons (Fsp3) is 0. The average molecular weight is 344 g/mol. The number of hydrogen-bond acceptors (Lipinski definition) is 4. The van der Waals surface area contributed by atoms with Gasteiger partial charge in [0.15, 0.2) is 0 Å². The largest absolute Gasteiger partial charge is 0.457 e. The highest BCUT2D eigenvalue weighted by Crippen LogP contribution is 2.39. The third-order valence-corrected chi connectivity index (χ3v) is 4.89. The first-order valence-electron chi connectivity index (χ1n) is 7.64. The van der Waals surface area contributed by atoms with Gasteiger partial charge in [0.05, 0.1) is 22.2 Å². The molecule has 4 nitrogen and oxygen atoms in total. The number of carbonyl (C=O) groups excluding carboxylic acids is 1. The van der Waals surface area contributed by atoms with E-state index in [-0.39, 0.29) is 5.91 Å². The minimum Gasteiger partial charge on any atom is -0.457 e. The monoisotopic (exact) mass is 344 g/mol. The van der Waals surface area contributed by atoms with Crippen molar-refractivity contribution < 1.29 is 9.21 Å². The number of furan rings is 1. The van der Waals surface area contributed by atoms with Crippen molar-refractivity contribution in [1.82, 2.24) is 0 Å². The maximum Gasteiger partial charge on any atom is 0.262 e. The summed E-state index contributed by atoms with van der Waals surface area (Å²) < 4.78 is 5.83. The molecule has 5 heteroatoms. The zero-order chi connectivity index (χ0) is 17.2. The molecular weight excluding hydrogens is 332 g/mol. The second-order valence-corrected chi connectivity index (χ2v) is 6.50. The van der Waals surface area contributed by atoms with E-state index in [4.69, 9.17) is 4.42 Å². The van der Waals surface area contributed by atoms with Gasteiger partial charge in [-0.05, 0) is 36.4 Å². The lowest BCUT2D eigenvalue weighted by Crippen LogP contribution is -2.16. The van der Waals surface area contributed by atoms with Gasteiger partial charge in [-0.2, -0.15) is 5.26 Å². The Bertz CT molecular complexity index is 1040. The van der Waals surface area contributed by atoms with Gasteiger partial charge in [-0.25, -0.2) is 0 Å². The molecule has 0 atom stereocenters. The molecule has 120 valence electrons. The normalized spacial score (nSPS) is 14.7. The molecule has 1 N–H and O–H groups in total. The number of nitrogens with one attached hydrogen (secondary N) is 1. The summed E-state index contributed by atoms with van der Waals surface area (Å²) in [6.45, 7) is 0. The van der Waals surface area contributed by atoms with E-state index in [0.29, 0.717) is 22.0 Å². The summed E-state index contributed by atoms with van der Waals surface area (Å²) >= 11 is 1.41. The number of amides is 1. The van der Waals surface area contributed by atoms with Gasteiger partial charge in [0.25, 0.3) is 5.91 Å². The Hall–Kier alpha value is -3.23. The van der Waals surface area contributed by atoms with E-state index in [1.54, 1.807) is 18.2 Å². The molecule has 25 heavy (non-hydrogen) atoms. The molecule has 0 saturated heterocycles. The summed E-state index contributed by atoms with van der Waals surface area (Å²) in [7, 11) is 0. The van der Waals surface area contributed by atoms with Crippen LogP contribution in [0.5, 0.6) is 0 Å². The summed E-state index contributed by atoms with van der Waals surface area (Å²) in [5.74, 6) is 1.02. The van der Waals surface area contributed by atoms with Gasteiger partial charge in [-0.3, -0.25) is 4.79 Å². The number of para-hydroxylation sites is 1. The molecular formula is C20H12N2O2S. The number of rotatable bonds is 2. The first kappa shape index (κ1) is 15.3. The highest BCUT2D eigenvalue weighted by Gasteiger charge is 2.21. The minimum absolute atomic E-state index is 0.154. The van der Waals surface area contributed by atoms with Gasteiger partial charge in [0.1, 0.15) is 11.5 Å². The first-order valence-corrected chi connectivity index (χ1v) is 8.45. The molecule has 0 aliphatic carbocycles. The van der Waals surface area contributed by atoms with E-state index in [2.05, 4.69) is 11.4 Å². The third-order valence-electron chi connectivity index (χ3n) is 3.79. The van der Waals surface area contributed by atoms with E-state index in [1.807, 2.05) is 48.5 Å². The fourth-order valence-corrected chi connectivity index (χ4v) is 3.53. The van der Waals surface area contributed by atoms with E-state index >= 15 is 0 Å². The van der Waals surface area contributed by atoms with Crippen molar-refractivity contribution in [2.75, 3.05) is 5.32 Å². The second-order valence-electron chi connectivity index (χ2n) is 5.42. The highest BCUT2D eigenvalue weighted by atomic mass is 32.2. The zero-order valence-corrected chi connectivity index (χ0v) is 13.8. The van der Waals surface area contributed by atoms with E-state index in [0.717, 1.165) is 16.1 Å².